The number of oxazole rings is 1. The lowest BCUT2D eigenvalue weighted by Gasteiger charge is -2.11. The molecular formula is C15H26IN7O. The van der Waals surface area contributed by atoms with E-state index in [9.17, 15) is 0 Å². The molecule has 0 amide bonds. The number of guanidine groups is 1. The SMILES string of the molecule is CCNC(=NCc1nc(C)c(C)o1)NCCn1cnnc1CC.I. The van der Waals surface area contributed by atoms with Crippen LogP contribution in [0.5, 0.6) is 0 Å². The Balaban J connectivity index is 0.00000288. The zero-order valence-electron chi connectivity index (χ0n) is 14.7. The minimum atomic E-state index is 0. The molecule has 0 fully saturated rings. The van der Waals surface area contributed by atoms with Crippen molar-refractivity contribution in [2.75, 3.05) is 13.1 Å². The summed E-state index contributed by atoms with van der Waals surface area (Å²) in [5.74, 6) is 3.20. The van der Waals surface area contributed by atoms with Gasteiger partial charge in [-0.05, 0) is 20.8 Å². The van der Waals surface area contributed by atoms with Crippen molar-refractivity contribution < 1.29 is 4.42 Å². The van der Waals surface area contributed by atoms with Crippen LogP contribution >= 0.6 is 24.0 Å². The summed E-state index contributed by atoms with van der Waals surface area (Å²) in [5, 5.41) is 14.5. The molecule has 2 rings (SSSR count). The molecule has 0 spiro atoms. The van der Waals surface area contributed by atoms with Gasteiger partial charge in [0.05, 0.1) is 5.69 Å². The van der Waals surface area contributed by atoms with Crippen LogP contribution in [0.1, 0.15) is 37.0 Å². The second-order valence-electron chi connectivity index (χ2n) is 5.17. The Bertz CT molecular complexity index is 631. The Morgan fingerprint density at radius 2 is 2.08 bits per heavy atom. The van der Waals surface area contributed by atoms with E-state index in [4.69, 9.17) is 4.42 Å². The molecule has 0 aliphatic rings. The smallest absolute Gasteiger partial charge is 0.216 e. The predicted molar refractivity (Wildman–Crippen MR) is 104 cm³/mol. The molecule has 24 heavy (non-hydrogen) atoms. The highest BCUT2D eigenvalue weighted by Gasteiger charge is 2.06. The Labute approximate surface area is 159 Å². The van der Waals surface area contributed by atoms with E-state index in [1.807, 2.05) is 25.3 Å². The van der Waals surface area contributed by atoms with Crippen molar-refractivity contribution >= 4 is 29.9 Å². The molecule has 2 N–H and O–H groups in total. The van der Waals surface area contributed by atoms with Crippen molar-refractivity contribution in [3.05, 3.63) is 29.5 Å². The zero-order valence-corrected chi connectivity index (χ0v) is 17.0. The lowest BCUT2D eigenvalue weighted by molar-refractivity contribution is 0.472. The summed E-state index contributed by atoms with van der Waals surface area (Å²) in [7, 11) is 0. The van der Waals surface area contributed by atoms with Crippen LogP contribution in [0.15, 0.2) is 15.7 Å². The topological polar surface area (TPSA) is 93.2 Å². The molecule has 8 nitrogen and oxygen atoms in total. The van der Waals surface area contributed by atoms with Crippen molar-refractivity contribution in [2.24, 2.45) is 4.99 Å². The van der Waals surface area contributed by atoms with Crippen molar-refractivity contribution in [3.63, 3.8) is 0 Å². The Hall–Kier alpha value is -1.65. The summed E-state index contributed by atoms with van der Waals surface area (Å²) < 4.78 is 7.58. The van der Waals surface area contributed by atoms with Crippen molar-refractivity contribution in [1.82, 2.24) is 30.4 Å². The first-order valence-corrected chi connectivity index (χ1v) is 7.95. The number of hydrogen-bond donors (Lipinski definition) is 2. The van der Waals surface area contributed by atoms with Crippen molar-refractivity contribution in [2.45, 2.75) is 47.2 Å². The molecule has 0 unspecified atom stereocenters. The molecule has 0 radical (unpaired) electrons. The van der Waals surface area contributed by atoms with Gasteiger partial charge >= 0.3 is 0 Å². The van der Waals surface area contributed by atoms with Gasteiger partial charge < -0.3 is 19.6 Å². The van der Waals surface area contributed by atoms with E-state index in [2.05, 4.69) is 37.7 Å². The molecule has 0 atom stereocenters. The highest BCUT2D eigenvalue weighted by atomic mass is 127. The monoisotopic (exact) mass is 447 g/mol. The molecule has 0 aromatic carbocycles. The van der Waals surface area contributed by atoms with Crippen molar-refractivity contribution in [1.29, 1.82) is 0 Å². The number of aromatic nitrogens is 4. The molecule has 134 valence electrons. The first-order chi connectivity index (χ1) is 11.1. The lowest BCUT2D eigenvalue weighted by Crippen LogP contribution is -2.38. The predicted octanol–water partition coefficient (Wildman–Crippen LogP) is 1.82. The first kappa shape index (κ1) is 20.4. The fourth-order valence-corrected chi connectivity index (χ4v) is 2.13. The summed E-state index contributed by atoms with van der Waals surface area (Å²) in [4.78, 5) is 8.83. The first-order valence-electron chi connectivity index (χ1n) is 7.95. The average Bonchev–Trinajstić information content (AvgIpc) is 3.11. The van der Waals surface area contributed by atoms with E-state index in [1.54, 1.807) is 6.33 Å². The highest BCUT2D eigenvalue weighted by Crippen LogP contribution is 2.08. The fraction of sp³-hybridized carbons (Fsp3) is 0.600. The molecule has 0 aliphatic heterocycles. The van der Waals surface area contributed by atoms with Crippen LogP contribution in [-0.2, 0) is 19.5 Å². The van der Waals surface area contributed by atoms with Crippen LogP contribution < -0.4 is 10.6 Å². The third-order valence-corrected chi connectivity index (χ3v) is 3.45. The molecular weight excluding hydrogens is 421 g/mol. The number of aliphatic imine (C=N–C) groups is 1. The zero-order chi connectivity index (χ0) is 16.7. The van der Waals surface area contributed by atoms with Gasteiger partial charge in [-0.1, -0.05) is 6.92 Å². The summed E-state index contributed by atoms with van der Waals surface area (Å²) in [6, 6.07) is 0. The number of aryl methyl sites for hydroxylation is 3. The van der Waals surface area contributed by atoms with Crippen molar-refractivity contribution in [3.8, 4) is 0 Å². The van der Waals surface area contributed by atoms with Crippen LogP contribution in [0, 0.1) is 13.8 Å². The van der Waals surface area contributed by atoms with E-state index >= 15 is 0 Å². The highest BCUT2D eigenvalue weighted by molar-refractivity contribution is 14.0. The lowest BCUT2D eigenvalue weighted by atomic mass is 10.4. The minimum Gasteiger partial charge on any atom is -0.444 e. The van der Waals surface area contributed by atoms with Gasteiger partial charge in [0.1, 0.15) is 24.5 Å². The minimum absolute atomic E-state index is 0. The second-order valence-corrected chi connectivity index (χ2v) is 5.17. The molecule has 0 bridgehead atoms. The molecule has 2 aromatic heterocycles. The van der Waals surface area contributed by atoms with Gasteiger partial charge in [0.25, 0.3) is 0 Å². The summed E-state index contributed by atoms with van der Waals surface area (Å²) in [6.45, 7) is 10.7. The van der Waals surface area contributed by atoms with E-state index in [-0.39, 0.29) is 24.0 Å². The van der Waals surface area contributed by atoms with Gasteiger partial charge in [-0.15, -0.1) is 34.2 Å². The van der Waals surface area contributed by atoms with Crippen LogP contribution in [0.4, 0.5) is 0 Å². The standard InChI is InChI=1S/C15H25N7O.HI/c1-5-13-21-19-10-22(13)8-7-17-15(16-6-2)18-9-14-20-11(3)12(4)23-14;/h10H,5-9H2,1-4H3,(H2,16,17,18);1H. The van der Waals surface area contributed by atoms with Gasteiger partial charge in [0, 0.05) is 26.1 Å². The Kier molecular flexibility index (Phi) is 8.72. The maximum Gasteiger partial charge on any atom is 0.216 e. The maximum atomic E-state index is 5.54. The van der Waals surface area contributed by atoms with Crippen LogP contribution in [0.25, 0.3) is 0 Å². The molecule has 2 heterocycles. The van der Waals surface area contributed by atoms with E-state index in [0.29, 0.717) is 12.4 Å². The Morgan fingerprint density at radius 1 is 1.29 bits per heavy atom. The average molecular weight is 447 g/mol. The Morgan fingerprint density at radius 3 is 2.71 bits per heavy atom. The normalized spacial score (nSPS) is 11.2. The third kappa shape index (κ3) is 5.77. The summed E-state index contributed by atoms with van der Waals surface area (Å²) in [6.07, 6.45) is 2.62. The van der Waals surface area contributed by atoms with Crippen LogP contribution in [-0.4, -0.2) is 38.8 Å². The second kappa shape index (κ2) is 10.3. The largest absolute Gasteiger partial charge is 0.444 e. The van der Waals surface area contributed by atoms with Gasteiger partial charge in [-0.2, -0.15) is 0 Å². The van der Waals surface area contributed by atoms with E-state index < -0.39 is 0 Å². The fourth-order valence-electron chi connectivity index (χ4n) is 2.13. The number of nitrogens with one attached hydrogen (secondary N) is 2. The van der Waals surface area contributed by atoms with Crippen LogP contribution in [0.2, 0.25) is 0 Å². The molecule has 2 aromatic rings. The van der Waals surface area contributed by atoms with Gasteiger partial charge in [0.15, 0.2) is 5.96 Å². The number of halogens is 1. The molecule has 0 aliphatic carbocycles. The van der Waals surface area contributed by atoms with Crippen LogP contribution in [0.3, 0.4) is 0 Å². The molecule has 0 saturated heterocycles. The van der Waals surface area contributed by atoms with E-state index in [1.165, 1.54) is 0 Å². The van der Waals surface area contributed by atoms with Gasteiger partial charge in [0.2, 0.25) is 5.89 Å². The maximum absolute atomic E-state index is 5.54. The quantitative estimate of drug-likeness (QED) is 0.382. The number of hydrogen-bond acceptors (Lipinski definition) is 5. The van der Waals surface area contributed by atoms with Gasteiger partial charge in [-0.25, -0.2) is 9.98 Å². The molecule has 0 saturated carbocycles. The molecule has 9 heteroatoms. The van der Waals surface area contributed by atoms with Gasteiger partial charge in [-0.3, -0.25) is 0 Å². The van der Waals surface area contributed by atoms with E-state index in [0.717, 1.165) is 49.3 Å². The third-order valence-electron chi connectivity index (χ3n) is 3.45. The number of nitrogens with zero attached hydrogens (tertiary/aromatic N) is 5. The summed E-state index contributed by atoms with van der Waals surface area (Å²) >= 11 is 0. The number of rotatable bonds is 7. The summed E-state index contributed by atoms with van der Waals surface area (Å²) in [5.41, 5.74) is 0.910.